The molecule has 1 unspecified atom stereocenters. The highest BCUT2D eigenvalue weighted by Crippen LogP contribution is 2.64. The quantitative estimate of drug-likeness (QED) is 0.779. The molecule has 3 saturated carbocycles. The van der Waals surface area contributed by atoms with E-state index in [9.17, 15) is 5.11 Å². The van der Waals surface area contributed by atoms with E-state index in [1.165, 1.54) is 32.1 Å². The van der Waals surface area contributed by atoms with Crippen LogP contribution in [0.15, 0.2) is 23.8 Å². The Labute approximate surface area is 146 Å². The van der Waals surface area contributed by atoms with Crippen molar-refractivity contribution in [3.05, 3.63) is 23.8 Å². The molecule has 3 fully saturated rings. The lowest BCUT2D eigenvalue weighted by Crippen LogP contribution is -2.50. The van der Waals surface area contributed by atoms with Gasteiger partial charge < -0.3 is 15.6 Å². The second-order valence-electron chi connectivity index (χ2n) is 9.01. The topological polar surface area (TPSA) is 55.5 Å². The molecule has 0 radical (unpaired) electrons. The summed E-state index contributed by atoms with van der Waals surface area (Å²) in [6.07, 6.45) is 14.2. The lowest BCUT2D eigenvalue weighted by molar-refractivity contribution is -0.0623. The minimum atomic E-state index is -0.0795. The normalized spacial score (nSPS) is 50.0. The first-order valence-corrected chi connectivity index (χ1v) is 9.89. The van der Waals surface area contributed by atoms with Crippen LogP contribution in [-0.2, 0) is 4.74 Å². The third kappa shape index (κ3) is 2.35. The van der Waals surface area contributed by atoms with Crippen molar-refractivity contribution in [1.82, 2.24) is 0 Å². The molecule has 4 rings (SSSR count). The lowest BCUT2D eigenvalue weighted by atomic mass is 9.48. The molecule has 0 heterocycles. The molecule has 0 spiro atoms. The Kier molecular flexibility index (Phi) is 4.18. The van der Waals surface area contributed by atoms with Gasteiger partial charge in [-0.15, -0.1) is 0 Å². The highest BCUT2D eigenvalue weighted by molar-refractivity contribution is 5.34. The highest BCUT2D eigenvalue weighted by Gasteiger charge is 2.58. The number of fused-ring (bicyclic) bond motifs is 5. The van der Waals surface area contributed by atoms with Crippen molar-refractivity contribution in [3.8, 4) is 0 Å². The Morgan fingerprint density at radius 3 is 2.83 bits per heavy atom. The van der Waals surface area contributed by atoms with E-state index in [0.717, 1.165) is 18.3 Å². The van der Waals surface area contributed by atoms with Gasteiger partial charge >= 0.3 is 0 Å². The van der Waals surface area contributed by atoms with E-state index in [2.05, 4.69) is 32.1 Å². The van der Waals surface area contributed by atoms with Crippen LogP contribution >= 0.6 is 0 Å². The smallest absolute Gasteiger partial charge is 0.0941 e. The number of aliphatic hydroxyl groups excluding tert-OH is 1. The van der Waals surface area contributed by atoms with Crippen molar-refractivity contribution in [2.24, 2.45) is 34.3 Å². The fourth-order valence-electron chi connectivity index (χ4n) is 6.59. The summed E-state index contributed by atoms with van der Waals surface area (Å²) >= 11 is 0. The van der Waals surface area contributed by atoms with Crippen LogP contribution in [-0.4, -0.2) is 30.5 Å². The van der Waals surface area contributed by atoms with Crippen LogP contribution in [0.3, 0.4) is 0 Å². The van der Waals surface area contributed by atoms with Gasteiger partial charge in [-0.3, -0.25) is 0 Å². The molecule has 0 aromatic heterocycles. The maximum atomic E-state index is 10.5. The summed E-state index contributed by atoms with van der Waals surface area (Å²) < 4.78 is 5.84. The number of allylic oxidation sites excluding steroid dienone is 2. The SMILES string of the molecule is C[C@]12CC[C@H]3[C@@H](CCC4=CC(OCCN)C=C[C@@]43C)[C@@H]1CC[C@@H]2O. The third-order valence-corrected chi connectivity index (χ3v) is 8.02. The van der Waals surface area contributed by atoms with E-state index in [0.29, 0.717) is 19.1 Å². The lowest BCUT2D eigenvalue weighted by Gasteiger charge is -2.56. The van der Waals surface area contributed by atoms with Gasteiger partial charge in [0.2, 0.25) is 0 Å². The predicted octanol–water partition coefficient (Wildman–Crippen LogP) is 3.43. The molecule has 7 atom stereocenters. The molecule has 3 nitrogen and oxygen atoms in total. The Morgan fingerprint density at radius 2 is 2.04 bits per heavy atom. The van der Waals surface area contributed by atoms with E-state index in [4.69, 9.17) is 10.5 Å². The molecule has 24 heavy (non-hydrogen) atoms. The Bertz CT molecular complexity index is 556. The summed E-state index contributed by atoms with van der Waals surface area (Å²) in [7, 11) is 0. The van der Waals surface area contributed by atoms with Gasteiger partial charge in [-0.2, -0.15) is 0 Å². The van der Waals surface area contributed by atoms with Crippen molar-refractivity contribution in [2.75, 3.05) is 13.2 Å². The zero-order chi connectivity index (χ0) is 16.9. The average molecular weight is 332 g/mol. The summed E-state index contributed by atoms with van der Waals surface area (Å²) in [5.41, 5.74) is 7.52. The van der Waals surface area contributed by atoms with Gasteiger partial charge in [-0.25, -0.2) is 0 Å². The van der Waals surface area contributed by atoms with E-state index in [1.54, 1.807) is 5.57 Å². The fraction of sp³-hybridized carbons (Fsp3) is 0.810. The first-order chi connectivity index (χ1) is 11.5. The second-order valence-corrected chi connectivity index (χ2v) is 9.01. The molecule has 4 aliphatic rings. The molecular weight excluding hydrogens is 298 g/mol. The molecule has 0 aromatic carbocycles. The highest BCUT2D eigenvalue weighted by atomic mass is 16.5. The number of hydrogen-bond donors (Lipinski definition) is 2. The van der Waals surface area contributed by atoms with Gasteiger partial charge in [-0.05, 0) is 61.7 Å². The van der Waals surface area contributed by atoms with Gasteiger partial charge in [0.05, 0.1) is 18.8 Å². The standard InChI is InChI=1S/C21H33NO2/c1-20-9-7-15(24-12-11-22)13-14(20)3-4-16-17-5-6-19(23)21(17,2)10-8-18(16)20/h7,9,13,15-19,23H,3-6,8,10-12,22H2,1-2H3/t15?,16-,17-,18-,19-,20-,21-/m0/s1. The van der Waals surface area contributed by atoms with Gasteiger partial charge in [0.15, 0.2) is 0 Å². The Balaban J connectivity index is 1.58. The van der Waals surface area contributed by atoms with Gasteiger partial charge in [-0.1, -0.05) is 37.6 Å². The minimum Gasteiger partial charge on any atom is -0.393 e. The maximum Gasteiger partial charge on any atom is 0.0941 e. The molecule has 0 amide bonds. The Morgan fingerprint density at radius 1 is 1.21 bits per heavy atom. The van der Waals surface area contributed by atoms with Crippen molar-refractivity contribution in [1.29, 1.82) is 0 Å². The van der Waals surface area contributed by atoms with E-state index >= 15 is 0 Å². The fourth-order valence-corrected chi connectivity index (χ4v) is 6.59. The number of ether oxygens (including phenoxy) is 1. The Hall–Kier alpha value is -0.640. The van der Waals surface area contributed by atoms with Gasteiger partial charge in [0.1, 0.15) is 0 Å². The molecule has 4 aliphatic carbocycles. The van der Waals surface area contributed by atoms with Crippen molar-refractivity contribution >= 4 is 0 Å². The number of aliphatic hydroxyl groups is 1. The molecule has 3 heteroatoms. The monoisotopic (exact) mass is 331 g/mol. The van der Waals surface area contributed by atoms with Crippen LogP contribution in [0.5, 0.6) is 0 Å². The van der Waals surface area contributed by atoms with Crippen LogP contribution in [0.1, 0.15) is 52.4 Å². The first kappa shape index (κ1) is 16.8. The third-order valence-electron chi connectivity index (χ3n) is 8.02. The van der Waals surface area contributed by atoms with Crippen LogP contribution in [0.4, 0.5) is 0 Å². The van der Waals surface area contributed by atoms with E-state index < -0.39 is 0 Å². The maximum absolute atomic E-state index is 10.5. The zero-order valence-corrected chi connectivity index (χ0v) is 15.2. The van der Waals surface area contributed by atoms with E-state index in [1.807, 2.05) is 0 Å². The summed E-state index contributed by atoms with van der Waals surface area (Å²) in [6, 6.07) is 0. The first-order valence-electron chi connectivity index (χ1n) is 9.89. The van der Waals surface area contributed by atoms with Crippen LogP contribution in [0.2, 0.25) is 0 Å². The summed E-state index contributed by atoms with van der Waals surface area (Å²) in [5, 5.41) is 10.5. The van der Waals surface area contributed by atoms with Crippen molar-refractivity contribution in [3.63, 3.8) is 0 Å². The number of nitrogens with two attached hydrogens (primary N) is 1. The van der Waals surface area contributed by atoms with E-state index in [-0.39, 0.29) is 23.0 Å². The molecule has 134 valence electrons. The summed E-state index contributed by atoms with van der Waals surface area (Å²) in [6.45, 7) is 6.00. The predicted molar refractivity (Wildman–Crippen MR) is 96.4 cm³/mol. The van der Waals surface area contributed by atoms with Crippen LogP contribution in [0, 0.1) is 28.6 Å². The average Bonchev–Trinajstić information content (AvgIpc) is 2.88. The molecule has 3 N–H and O–H groups in total. The van der Waals surface area contributed by atoms with Crippen molar-refractivity contribution < 1.29 is 9.84 Å². The van der Waals surface area contributed by atoms with Crippen LogP contribution < -0.4 is 5.73 Å². The number of rotatable bonds is 3. The number of hydrogen-bond acceptors (Lipinski definition) is 3. The summed E-state index contributed by atoms with van der Waals surface area (Å²) in [5.74, 6) is 2.21. The molecule has 0 saturated heterocycles. The van der Waals surface area contributed by atoms with Crippen molar-refractivity contribution in [2.45, 2.75) is 64.6 Å². The minimum absolute atomic E-state index is 0.0795. The molecule has 0 aromatic rings. The van der Waals surface area contributed by atoms with Gasteiger partial charge in [0.25, 0.3) is 0 Å². The molecule has 0 aliphatic heterocycles. The van der Waals surface area contributed by atoms with Gasteiger partial charge in [0, 0.05) is 12.0 Å². The molecular formula is C21H33NO2. The largest absolute Gasteiger partial charge is 0.393 e. The second kappa shape index (κ2) is 5.96. The summed E-state index contributed by atoms with van der Waals surface area (Å²) in [4.78, 5) is 0. The molecule has 0 bridgehead atoms. The zero-order valence-electron chi connectivity index (χ0n) is 15.2. The van der Waals surface area contributed by atoms with Crippen LogP contribution in [0.25, 0.3) is 0 Å².